The minimum absolute atomic E-state index is 0.113. The molecule has 4 bridgehead atoms. The van der Waals surface area contributed by atoms with Gasteiger partial charge in [0, 0.05) is 27.9 Å². The summed E-state index contributed by atoms with van der Waals surface area (Å²) in [5.74, 6) is 3.36. The molecular weight excluding hydrogens is 703 g/mol. The largest absolute Gasteiger partial charge is 0.310 e. The highest BCUT2D eigenvalue weighted by Gasteiger charge is 2.61. The van der Waals surface area contributed by atoms with Crippen LogP contribution in [0.25, 0.3) is 33.4 Å². The highest BCUT2D eigenvalue weighted by atomic mass is 28.3. The van der Waals surface area contributed by atoms with Crippen LogP contribution >= 0.6 is 0 Å². The average Bonchev–Trinajstić information content (AvgIpc) is 3.67. The van der Waals surface area contributed by atoms with Crippen molar-refractivity contribution >= 4 is 30.3 Å². The molecule has 284 valence electrons. The molecule has 0 heterocycles. The summed E-state index contributed by atoms with van der Waals surface area (Å²) in [5.41, 5.74) is 18.9. The molecule has 2 heteroatoms. The summed E-state index contributed by atoms with van der Waals surface area (Å²) in [6, 6.07) is 53.0. The van der Waals surface area contributed by atoms with Gasteiger partial charge in [0.15, 0.2) is 0 Å². The molecular formula is C55H55NSi. The second kappa shape index (κ2) is 12.4. The molecule has 1 nitrogen and oxygen atoms in total. The Morgan fingerprint density at radius 1 is 0.456 bits per heavy atom. The Morgan fingerprint density at radius 2 is 0.947 bits per heavy atom. The summed E-state index contributed by atoms with van der Waals surface area (Å²) in [7, 11) is -1.36. The number of rotatable bonds is 5. The first-order valence-corrected chi connectivity index (χ1v) is 25.8. The van der Waals surface area contributed by atoms with Gasteiger partial charge in [0.25, 0.3) is 0 Å². The molecule has 0 aromatic heterocycles. The van der Waals surface area contributed by atoms with E-state index in [4.69, 9.17) is 0 Å². The van der Waals surface area contributed by atoms with E-state index >= 15 is 0 Å². The van der Waals surface area contributed by atoms with Crippen molar-refractivity contribution in [2.45, 2.75) is 94.7 Å². The van der Waals surface area contributed by atoms with E-state index in [2.05, 4.69) is 158 Å². The molecule has 6 aromatic carbocycles. The van der Waals surface area contributed by atoms with Crippen molar-refractivity contribution in [3.8, 4) is 33.4 Å². The van der Waals surface area contributed by atoms with Gasteiger partial charge in [-0.25, -0.2) is 0 Å². The maximum absolute atomic E-state index is 2.68. The molecule has 0 N–H and O–H groups in total. The summed E-state index contributed by atoms with van der Waals surface area (Å²) in [5, 5.41) is 1.51. The van der Waals surface area contributed by atoms with Gasteiger partial charge in [0.05, 0.1) is 8.07 Å². The molecule has 0 radical (unpaired) electrons. The molecule has 2 spiro atoms. The zero-order chi connectivity index (χ0) is 38.1. The molecule has 57 heavy (non-hydrogen) atoms. The quantitative estimate of drug-likeness (QED) is 0.158. The van der Waals surface area contributed by atoms with Gasteiger partial charge in [-0.15, -0.1) is 0 Å². The van der Waals surface area contributed by atoms with Crippen molar-refractivity contribution in [2.24, 2.45) is 23.7 Å². The molecule has 0 unspecified atom stereocenters. The summed E-state index contributed by atoms with van der Waals surface area (Å²) in [6.45, 7) is 7.30. The lowest BCUT2D eigenvalue weighted by Crippen LogP contribution is -2.55. The van der Waals surface area contributed by atoms with Gasteiger partial charge in [-0.05, 0) is 161 Å². The first kappa shape index (κ1) is 34.4. The Balaban J connectivity index is 1.03. The van der Waals surface area contributed by atoms with Crippen molar-refractivity contribution in [3.63, 3.8) is 0 Å². The van der Waals surface area contributed by atoms with Gasteiger partial charge in [0.1, 0.15) is 0 Å². The smallest absolute Gasteiger partial charge is 0.0775 e. The van der Waals surface area contributed by atoms with Gasteiger partial charge in [-0.2, -0.15) is 0 Å². The van der Waals surface area contributed by atoms with Crippen molar-refractivity contribution in [3.05, 3.63) is 156 Å². The van der Waals surface area contributed by atoms with Crippen molar-refractivity contribution in [2.75, 3.05) is 4.90 Å². The maximum atomic E-state index is 2.68. The Labute approximate surface area is 341 Å². The summed E-state index contributed by atoms with van der Waals surface area (Å²) in [6.07, 6.45) is 13.6. The highest BCUT2D eigenvalue weighted by Crippen LogP contribution is 2.69. The van der Waals surface area contributed by atoms with Crippen LogP contribution in [0, 0.1) is 23.7 Å². The van der Waals surface area contributed by atoms with Crippen LogP contribution in [0.1, 0.15) is 86.5 Å². The third kappa shape index (κ3) is 4.92. The molecule has 6 aromatic rings. The lowest BCUT2D eigenvalue weighted by Gasteiger charge is -2.61. The zero-order valence-electron chi connectivity index (χ0n) is 34.0. The van der Waals surface area contributed by atoms with E-state index in [1.165, 1.54) is 120 Å². The SMILES string of the molecule is C[Si](C)(C)c1ccc(-c2ccc(N(c3ccc4c(c3)C3(CCCCC3)c3ccccc3-4)c3ccc4c(c3)[C@]3(c5ccccc5-4)[C@@H]4CC5C[C@@H](C4)C[C@@H]3C5)cc2)cc1. The van der Waals surface area contributed by atoms with Gasteiger partial charge in [-0.1, -0.05) is 141 Å². The molecule has 0 saturated heterocycles. The normalized spacial score (nSPS) is 25.7. The van der Waals surface area contributed by atoms with E-state index in [1.54, 1.807) is 22.3 Å². The second-order valence-electron chi connectivity index (χ2n) is 20.1. The molecule has 0 aliphatic heterocycles. The van der Waals surface area contributed by atoms with Crippen molar-refractivity contribution < 1.29 is 0 Å². The van der Waals surface area contributed by atoms with E-state index < -0.39 is 8.07 Å². The van der Waals surface area contributed by atoms with Crippen LogP contribution in [0.5, 0.6) is 0 Å². The molecule has 5 fully saturated rings. The zero-order valence-corrected chi connectivity index (χ0v) is 35.0. The first-order valence-electron chi connectivity index (χ1n) is 22.3. The number of fused-ring (bicyclic) bond motifs is 8. The maximum Gasteiger partial charge on any atom is 0.0775 e. The molecule has 0 atom stereocenters. The summed E-state index contributed by atoms with van der Waals surface area (Å²) in [4.78, 5) is 2.62. The van der Waals surface area contributed by atoms with Gasteiger partial charge >= 0.3 is 0 Å². The number of nitrogens with zero attached hydrogens (tertiary/aromatic N) is 1. The van der Waals surface area contributed by atoms with E-state index in [0.29, 0.717) is 0 Å². The third-order valence-electron chi connectivity index (χ3n) is 16.2. The number of hydrogen-bond acceptors (Lipinski definition) is 1. The second-order valence-corrected chi connectivity index (χ2v) is 25.2. The monoisotopic (exact) mass is 757 g/mol. The number of hydrogen-bond donors (Lipinski definition) is 0. The average molecular weight is 758 g/mol. The highest BCUT2D eigenvalue weighted by molar-refractivity contribution is 6.88. The fourth-order valence-corrected chi connectivity index (χ4v) is 15.1. The van der Waals surface area contributed by atoms with E-state index in [-0.39, 0.29) is 10.8 Å². The molecule has 7 aliphatic carbocycles. The Kier molecular flexibility index (Phi) is 7.49. The predicted octanol–water partition coefficient (Wildman–Crippen LogP) is 14.3. The molecule has 5 saturated carbocycles. The van der Waals surface area contributed by atoms with Crippen LogP contribution in [-0.4, -0.2) is 8.07 Å². The van der Waals surface area contributed by atoms with Crippen molar-refractivity contribution in [1.82, 2.24) is 0 Å². The van der Waals surface area contributed by atoms with Crippen molar-refractivity contribution in [1.29, 1.82) is 0 Å². The Hall–Kier alpha value is -4.66. The number of anilines is 3. The minimum atomic E-state index is -1.36. The van der Waals surface area contributed by atoms with E-state index in [1.807, 2.05) is 0 Å². The summed E-state index contributed by atoms with van der Waals surface area (Å²) >= 11 is 0. The molecule has 0 amide bonds. The predicted molar refractivity (Wildman–Crippen MR) is 242 cm³/mol. The Bertz CT molecular complexity index is 2520. The summed E-state index contributed by atoms with van der Waals surface area (Å²) < 4.78 is 0. The van der Waals surface area contributed by atoms with Crippen LogP contribution in [0.15, 0.2) is 133 Å². The van der Waals surface area contributed by atoms with Gasteiger partial charge in [-0.3, -0.25) is 0 Å². The fraction of sp³-hybridized carbons (Fsp3) is 0.345. The lowest BCUT2D eigenvalue weighted by atomic mass is 9.43. The van der Waals surface area contributed by atoms with Crippen LogP contribution in [0.3, 0.4) is 0 Å². The van der Waals surface area contributed by atoms with Crippen LogP contribution < -0.4 is 10.1 Å². The van der Waals surface area contributed by atoms with Gasteiger partial charge in [0.2, 0.25) is 0 Å². The lowest BCUT2D eigenvalue weighted by molar-refractivity contribution is -0.0399. The standard InChI is InChI=1S/C55H55NSi/c1-57(2,3)45-23-17-39(18-24-45)38-15-19-42(20-16-38)56(43-21-25-48-46-11-5-7-13-50(46)54(52(48)34-43)27-9-4-10-28-54)44-22-26-49-47-12-6-8-14-51(47)55(53(49)35-44)40-30-36-29-37(32-40)33-41(55)31-36/h5-8,11-26,34-37,40-41H,4,9-10,27-33H2,1-3H3/t36-,37?,40-,41+,55+. The van der Waals surface area contributed by atoms with Crippen LogP contribution in [0.2, 0.25) is 19.6 Å². The third-order valence-corrected chi connectivity index (χ3v) is 18.3. The van der Waals surface area contributed by atoms with Crippen LogP contribution in [-0.2, 0) is 10.8 Å². The molecule has 13 rings (SSSR count). The fourth-order valence-electron chi connectivity index (χ4n) is 14.0. The van der Waals surface area contributed by atoms with Gasteiger partial charge < -0.3 is 4.90 Å². The topological polar surface area (TPSA) is 3.24 Å². The molecule has 7 aliphatic rings. The first-order chi connectivity index (χ1) is 27.8. The minimum Gasteiger partial charge on any atom is -0.310 e. The van der Waals surface area contributed by atoms with E-state index in [9.17, 15) is 0 Å². The van der Waals surface area contributed by atoms with Crippen LogP contribution in [0.4, 0.5) is 17.1 Å². The van der Waals surface area contributed by atoms with E-state index in [0.717, 1.165) is 23.7 Å². The Morgan fingerprint density at radius 3 is 1.56 bits per heavy atom. The number of benzene rings is 6.